The molecule has 0 aliphatic carbocycles. The van der Waals surface area contributed by atoms with Crippen LogP contribution in [0.15, 0.2) is 22.5 Å². The fourth-order valence-corrected chi connectivity index (χ4v) is 3.44. The predicted molar refractivity (Wildman–Crippen MR) is 104 cm³/mol. The summed E-state index contributed by atoms with van der Waals surface area (Å²) >= 11 is 2.47. The van der Waals surface area contributed by atoms with E-state index in [-0.39, 0.29) is 11.7 Å². The van der Waals surface area contributed by atoms with Gasteiger partial charge in [0.1, 0.15) is 0 Å². The van der Waals surface area contributed by atoms with Crippen LogP contribution in [0.25, 0.3) is 0 Å². The molecule has 8 nitrogen and oxygen atoms in total. The van der Waals surface area contributed by atoms with E-state index >= 15 is 0 Å². The lowest BCUT2D eigenvalue weighted by atomic mass is 10.1. The average Bonchev–Trinajstić information content (AvgIpc) is 3.04. The van der Waals surface area contributed by atoms with Gasteiger partial charge < -0.3 is 15.4 Å². The minimum absolute atomic E-state index is 0.107. The van der Waals surface area contributed by atoms with Crippen LogP contribution in [0.3, 0.4) is 0 Å². The lowest BCUT2D eigenvalue weighted by Gasteiger charge is -2.07. The molecule has 1 aromatic carbocycles. The summed E-state index contributed by atoms with van der Waals surface area (Å²) in [5.74, 6) is 0.122. The molecule has 26 heavy (non-hydrogen) atoms. The fourth-order valence-electron chi connectivity index (χ4n) is 1.87. The van der Waals surface area contributed by atoms with E-state index < -0.39 is 6.03 Å². The number of hydrogen-bond donors (Lipinski definition) is 3. The zero-order chi connectivity index (χ0) is 18.9. The summed E-state index contributed by atoms with van der Waals surface area (Å²) in [7, 11) is 1.58. The number of aryl methyl sites for hydroxylation is 2. The van der Waals surface area contributed by atoms with Crippen molar-refractivity contribution in [2.75, 3.05) is 36.6 Å². The zero-order valence-corrected chi connectivity index (χ0v) is 16.4. The van der Waals surface area contributed by atoms with Crippen molar-refractivity contribution in [2.24, 2.45) is 0 Å². The summed E-state index contributed by atoms with van der Waals surface area (Å²) in [6.07, 6.45) is 0. The number of amides is 3. The van der Waals surface area contributed by atoms with Gasteiger partial charge >= 0.3 is 6.03 Å². The molecule has 1 heterocycles. The minimum atomic E-state index is -0.390. The molecule has 0 bridgehead atoms. The quantitative estimate of drug-likeness (QED) is 0.361. The summed E-state index contributed by atoms with van der Waals surface area (Å²) in [6.45, 7) is 4.94. The molecule has 0 aliphatic heterocycles. The number of hydrogen-bond acceptors (Lipinski definition) is 7. The van der Waals surface area contributed by atoms with Crippen LogP contribution < -0.4 is 16.0 Å². The highest BCUT2D eigenvalue weighted by molar-refractivity contribution is 8.01. The molecule has 0 saturated heterocycles. The number of carbonyl (C=O) groups excluding carboxylic acids is 2. The number of benzene rings is 1. The van der Waals surface area contributed by atoms with Crippen LogP contribution in [0.4, 0.5) is 15.6 Å². The van der Waals surface area contributed by atoms with Gasteiger partial charge in [-0.3, -0.25) is 10.1 Å². The van der Waals surface area contributed by atoms with Crippen LogP contribution >= 0.6 is 23.1 Å². The van der Waals surface area contributed by atoms with Gasteiger partial charge in [-0.05, 0) is 37.1 Å². The number of urea groups is 1. The lowest BCUT2D eigenvalue weighted by molar-refractivity contribution is -0.118. The van der Waals surface area contributed by atoms with Gasteiger partial charge in [-0.15, -0.1) is 10.2 Å². The standard InChI is InChI=1S/C16H21N5O3S2/c1-10-4-5-12(8-11(10)2)18-14(23)19-15-20-21-16(26-15)25-9-13(22)17-6-7-24-3/h4-5,8H,6-7,9H2,1-3H3,(H,17,22)(H2,18,19,20,23). The van der Waals surface area contributed by atoms with Crippen molar-refractivity contribution in [1.82, 2.24) is 15.5 Å². The Bertz CT molecular complexity index is 766. The van der Waals surface area contributed by atoms with E-state index in [2.05, 4.69) is 26.1 Å². The third kappa shape index (κ3) is 6.62. The number of rotatable bonds is 8. The van der Waals surface area contributed by atoms with Gasteiger partial charge in [0.25, 0.3) is 0 Å². The van der Waals surface area contributed by atoms with Crippen LogP contribution in [0, 0.1) is 13.8 Å². The van der Waals surface area contributed by atoms with Crippen molar-refractivity contribution in [1.29, 1.82) is 0 Å². The Hall–Kier alpha value is -2.17. The first-order chi connectivity index (χ1) is 12.5. The molecule has 0 atom stereocenters. The molecule has 3 amide bonds. The monoisotopic (exact) mass is 395 g/mol. The van der Waals surface area contributed by atoms with E-state index in [1.54, 1.807) is 7.11 Å². The Morgan fingerprint density at radius 3 is 2.73 bits per heavy atom. The second-order valence-corrected chi connectivity index (χ2v) is 7.58. The highest BCUT2D eigenvalue weighted by Crippen LogP contribution is 2.25. The molecule has 0 aliphatic rings. The number of thioether (sulfide) groups is 1. The number of ether oxygens (including phenoxy) is 1. The molecule has 1 aromatic heterocycles. The zero-order valence-electron chi connectivity index (χ0n) is 14.8. The normalized spacial score (nSPS) is 10.4. The smallest absolute Gasteiger partial charge is 0.325 e. The summed E-state index contributed by atoms with van der Waals surface area (Å²) in [5, 5.41) is 16.3. The Morgan fingerprint density at radius 1 is 1.19 bits per heavy atom. The number of methoxy groups -OCH3 is 1. The summed E-state index contributed by atoms with van der Waals surface area (Å²) in [5.41, 5.74) is 2.96. The van der Waals surface area contributed by atoms with Gasteiger partial charge in [0.2, 0.25) is 11.0 Å². The molecule has 0 radical (unpaired) electrons. The van der Waals surface area contributed by atoms with E-state index in [0.29, 0.717) is 28.3 Å². The summed E-state index contributed by atoms with van der Waals surface area (Å²) < 4.78 is 5.47. The van der Waals surface area contributed by atoms with Crippen LogP contribution in [0.1, 0.15) is 11.1 Å². The van der Waals surface area contributed by atoms with Crippen LogP contribution in [0.2, 0.25) is 0 Å². The average molecular weight is 396 g/mol. The highest BCUT2D eigenvalue weighted by Gasteiger charge is 2.11. The maximum atomic E-state index is 12.0. The molecule has 0 spiro atoms. The Kier molecular flexibility index (Phi) is 7.82. The number of anilines is 2. The highest BCUT2D eigenvalue weighted by atomic mass is 32.2. The van der Waals surface area contributed by atoms with Crippen molar-refractivity contribution in [3.63, 3.8) is 0 Å². The lowest BCUT2D eigenvalue weighted by Crippen LogP contribution is -2.28. The van der Waals surface area contributed by atoms with Crippen molar-refractivity contribution in [3.8, 4) is 0 Å². The molecule has 0 fully saturated rings. The fraction of sp³-hybridized carbons (Fsp3) is 0.375. The van der Waals surface area contributed by atoms with Crippen LogP contribution in [-0.2, 0) is 9.53 Å². The molecule has 2 rings (SSSR count). The van der Waals surface area contributed by atoms with Gasteiger partial charge in [0.15, 0.2) is 4.34 Å². The number of aromatic nitrogens is 2. The first kappa shape index (κ1) is 20.1. The summed E-state index contributed by atoms with van der Waals surface area (Å²) in [4.78, 5) is 23.7. The van der Waals surface area contributed by atoms with Crippen molar-refractivity contribution < 1.29 is 14.3 Å². The molecule has 0 saturated carbocycles. The molecule has 2 aromatic rings. The van der Waals surface area contributed by atoms with Gasteiger partial charge in [0.05, 0.1) is 12.4 Å². The summed E-state index contributed by atoms with van der Waals surface area (Å²) in [6, 6.07) is 5.30. The largest absolute Gasteiger partial charge is 0.383 e. The number of nitrogens with zero attached hydrogens (tertiary/aromatic N) is 2. The molecule has 10 heteroatoms. The molecular weight excluding hydrogens is 374 g/mol. The third-order valence-corrected chi connectivity index (χ3v) is 5.32. The van der Waals surface area contributed by atoms with Crippen LogP contribution in [0.5, 0.6) is 0 Å². The second kappa shape index (κ2) is 10.1. The van der Waals surface area contributed by atoms with E-state index in [1.807, 2.05) is 32.0 Å². The second-order valence-electron chi connectivity index (χ2n) is 5.38. The number of carbonyl (C=O) groups is 2. The Labute approximate surface area is 160 Å². The first-order valence-electron chi connectivity index (χ1n) is 7.85. The maximum absolute atomic E-state index is 12.0. The van der Waals surface area contributed by atoms with Gasteiger partial charge in [-0.25, -0.2) is 4.79 Å². The van der Waals surface area contributed by atoms with Gasteiger partial charge in [-0.2, -0.15) is 0 Å². The Balaban J connectivity index is 1.79. The molecule has 0 unspecified atom stereocenters. The molecular formula is C16H21N5O3S2. The molecule has 3 N–H and O–H groups in total. The topological polar surface area (TPSA) is 105 Å². The predicted octanol–water partition coefficient (Wildman–Crippen LogP) is 2.65. The van der Waals surface area contributed by atoms with E-state index in [1.165, 1.54) is 23.1 Å². The maximum Gasteiger partial charge on any atom is 0.325 e. The van der Waals surface area contributed by atoms with Crippen molar-refractivity contribution in [3.05, 3.63) is 29.3 Å². The van der Waals surface area contributed by atoms with E-state index in [9.17, 15) is 9.59 Å². The SMILES string of the molecule is COCCNC(=O)CSc1nnc(NC(=O)Nc2ccc(C)c(C)c2)s1. The number of nitrogens with one attached hydrogen (secondary N) is 3. The van der Waals surface area contributed by atoms with E-state index in [4.69, 9.17) is 4.74 Å². The van der Waals surface area contributed by atoms with Crippen LogP contribution in [-0.4, -0.2) is 48.1 Å². The minimum Gasteiger partial charge on any atom is -0.383 e. The van der Waals surface area contributed by atoms with Crippen molar-refractivity contribution >= 4 is 45.9 Å². The Morgan fingerprint density at radius 2 is 2.00 bits per heavy atom. The molecule has 140 valence electrons. The van der Waals surface area contributed by atoms with E-state index in [0.717, 1.165) is 11.1 Å². The first-order valence-corrected chi connectivity index (χ1v) is 9.65. The van der Waals surface area contributed by atoms with Gasteiger partial charge in [-0.1, -0.05) is 29.2 Å². The van der Waals surface area contributed by atoms with Gasteiger partial charge in [0, 0.05) is 19.3 Å². The van der Waals surface area contributed by atoms with Crippen molar-refractivity contribution in [2.45, 2.75) is 18.2 Å². The third-order valence-electron chi connectivity index (χ3n) is 3.35.